The van der Waals surface area contributed by atoms with Gasteiger partial charge in [0.05, 0.1) is 24.6 Å². The molecule has 0 saturated carbocycles. The molecule has 4 rings (SSSR count). The number of nitrogens with one attached hydrogen (secondary N) is 1. The number of nitrogens with zero attached hydrogens (tertiary/aromatic N) is 1. The first-order valence-electron chi connectivity index (χ1n) is 8.60. The van der Waals surface area contributed by atoms with Crippen LogP contribution in [0, 0.1) is 0 Å². The van der Waals surface area contributed by atoms with Crippen molar-refractivity contribution in [1.82, 2.24) is 10.3 Å². The first-order chi connectivity index (χ1) is 12.3. The molecule has 2 aromatic carbocycles. The Labute approximate surface area is 146 Å². The van der Waals surface area contributed by atoms with Crippen LogP contribution in [0.25, 0.3) is 10.9 Å². The van der Waals surface area contributed by atoms with Crippen molar-refractivity contribution in [3.63, 3.8) is 0 Å². The van der Waals surface area contributed by atoms with E-state index in [1.807, 2.05) is 42.5 Å². The van der Waals surface area contributed by atoms with E-state index in [1.165, 1.54) is 5.56 Å². The molecule has 4 heteroatoms. The summed E-state index contributed by atoms with van der Waals surface area (Å²) in [6, 6.07) is 18.2. The van der Waals surface area contributed by atoms with E-state index >= 15 is 0 Å². The number of hydrogen-bond donors (Lipinski definition) is 1. The summed E-state index contributed by atoms with van der Waals surface area (Å²) in [4.78, 5) is 16.8. The van der Waals surface area contributed by atoms with Crippen LogP contribution >= 0.6 is 0 Å². The molecule has 2 heterocycles. The van der Waals surface area contributed by atoms with Gasteiger partial charge in [0.25, 0.3) is 0 Å². The van der Waals surface area contributed by atoms with E-state index in [1.54, 1.807) is 6.20 Å². The van der Waals surface area contributed by atoms with Gasteiger partial charge in [0.1, 0.15) is 0 Å². The number of pyridine rings is 1. The molecule has 0 radical (unpaired) electrons. The van der Waals surface area contributed by atoms with Gasteiger partial charge in [0.2, 0.25) is 5.91 Å². The minimum Gasteiger partial charge on any atom is -0.373 e. The molecule has 1 amide bonds. The third-order valence-electron chi connectivity index (χ3n) is 4.66. The highest BCUT2D eigenvalue weighted by atomic mass is 16.5. The lowest BCUT2D eigenvalue weighted by Crippen LogP contribution is -2.27. The Morgan fingerprint density at radius 3 is 2.96 bits per heavy atom. The summed E-state index contributed by atoms with van der Waals surface area (Å²) in [6.45, 7) is 1.14. The van der Waals surface area contributed by atoms with Crippen LogP contribution < -0.4 is 5.32 Å². The molecule has 0 spiro atoms. The number of hydrogen-bond acceptors (Lipinski definition) is 3. The summed E-state index contributed by atoms with van der Waals surface area (Å²) in [5.74, 6) is -0.00497. The molecule has 1 N–H and O–H groups in total. The Morgan fingerprint density at radius 2 is 2.00 bits per heavy atom. The molecule has 1 aromatic heterocycles. The molecule has 4 nitrogen and oxygen atoms in total. The molecule has 1 aliphatic rings. The number of fused-ring (bicyclic) bond motifs is 2. The van der Waals surface area contributed by atoms with Crippen molar-refractivity contribution in [2.45, 2.75) is 25.5 Å². The quantitative estimate of drug-likeness (QED) is 0.795. The maximum absolute atomic E-state index is 12.4. The van der Waals surface area contributed by atoms with Gasteiger partial charge in [-0.3, -0.25) is 9.78 Å². The van der Waals surface area contributed by atoms with Gasteiger partial charge in [-0.2, -0.15) is 0 Å². The summed E-state index contributed by atoms with van der Waals surface area (Å²) >= 11 is 0. The smallest absolute Gasteiger partial charge is 0.223 e. The fraction of sp³-hybridized carbons (Fsp3) is 0.238. The van der Waals surface area contributed by atoms with E-state index in [0.29, 0.717) is 19.6 Å². The van der Waals surface area contributed by atoms with E-state index in [-0.39, 0.29) is 12.0 Å². The highest BCUT2D eigenvalue weighted by molar-refractivity contribution is 5.82. The van der Waals surface area contributed by atoms with Crippen molar-refractivity contribution >= 4 is 16.8 Å². The number of benzene rings is 2. The lowest BCUT2D eigenvalue weighted by molar-refractivity contribution is -0.124. The largest absolute Gasteiger partial charge is 0.373 e. The summed E-state index contributed by atoms with van der Waals surface area (Å²) in [6.07, 6.45) is 2.88. The zero-order chi connectivity index (χ0) is 17.1. The van der Waals surface area contributed by atoms with Gasteiger partial charge >= 0.3 is 0 Å². The Morgan fingerprint density at radius 1 is 1.12 bits per heavy atom. The second kappa shape index (κ2) is 7.03. The van der Waals surface area contributed by atoms with Crippen molar-refractivity contribution in [2.75, 3.05) is 6.61 Å². The fourth-order valence-electron chi connectivity index (χ4n) is 3.39. The summed E-state index contributed by atoms with van der Waals surface area (Å²) < 4.78 is 5.82. The highest BCUT2D eigenvalue weighted by Crippen LogP contribution is 2.29. The highest BCUT2D eigenvalue weighted by Gasteiger charge is 2.22. The van der Waals surface area contributed by atoms with Gasteiger partial charge in [-0.1, -0.05) is 48.5 Å². The van der Waals surface area contributed by atoms with Crippen molar-refractivity contribution < 1.29 is 9.53 Å². The van der Waals surface area contributed by atoms with Gasteiger partial charge in [0.15, 0.2) is 0 Å². The molecule has 0 aliphatic carbocycles. The van der Waals surface area contributed by atoms with Crippen LogP contribution in [0.1, 0.15) is 29.2 Å². The molecular weight excluding hydrogens is 312 g/mol. The zero-order valence-electron chi connectivity index (χ0n) is 13.9. The Kier molecular flexibility index (Phi) is 4.44. The average Bonchev–Trinajstić information content (AvgIpc) is 2.66. The number of ether oxygens (including phenoxy) is 1. The van der Waals surface area contributed by atoms with Crippen molar-refractivity contribution in [3.8, 4) is 0 Å². The second-order valence-corrected chi connectivity index (χ2v) is 6.28. The normalized spacial score (nSPS) is 16.4. The summed E-state index contributed by atoms with van der Waals surface area (Å²) in [5, 5.41) is 4.09. The standard InChI is InChI=1S/C21H20N2O2/c24-20(13-19-18-9-2-1-5-15(18)10-12-25-19)23-14-17-7-3-6-16-8-4-11-22-21(16)17/h1-9,11,19H,10,12-14H2,(H,23,24)/t19-/m0/s1. The first-order valence-corrected chi connectivity index (χ1v) is 8.60. The van der Waals surface area contributed by atoms with Crippen LogP contribution in [-0.2, 0) is 22.5 Å². The molecule has 1 aliphatic heterocycles. The number of aromatic nitrogens is 1. The second-order valence-electron chi connectivity index (χ2n) is 6.28. The van der Waals surface area contributed by atoms with Gasteiger partial charge in [-0.25, -0.2) is 0 Å². The number of rotatable bonds is 4. The monoisotopic (exact) mass is 332 g/mol. The van der Waals surface area contributed by atoms with Crippen molar-refractivity contribution in [1.29, 1.82) is 0 Å². The maximum Gasteiger partial charge on any atom is 0.223 e. The third kappa shape index (κ3) is 3.39. The minimum absolute atomic E-state index is 0.00497. The van der Waals surface area contributed by atoms with Crippen LogP contribution in [0.2, 0.25) is 0 Å². The van der Waals surface area contributed by atoms with E-state index < -0.39 is 0 Å². The van der Waals surface area contributed by atoms with Gasteiger partial charge in [0, 0.05) is 18.1 Å². The molecule has 0 fully saturated rings. The number of para-hydroxylation sites is 1. The fourth-order valence-corrected chi connectivity index (χ4v) is 3.39. The minimum atomic E-state index is -0.157. The lowest BCUT2D eigenvalue weighted by Gasteiger charge is -2.25. The first kappa shape index (κ1) is 15.8. The summed E-state index contributed by atoms with van der Waals surface area (Å²) in [5.41, 5.74) is 4.38. The van der Waals surface area contributed by atoms with Gasteiger partial charge in [-0.15, -0.1) is 0 Å². The van der Waals surface area contributed by atoms with Gasteiger partial charge < -0.3 is 10.1 Å². The molecule has 0 saturated heterocycles. The lowest BCUT2D eigenvalue weighted by atomic mass is 9.95. The Balaban J connectivity index is 1.43. The van der Waals surface area contributed by atoms with E-state index in [4.69, 9.17) is 4.74 Å². The zero-order valence-corrected chi connectivity index (χ0v) is 13.9. The van der Waals surface area contributed by atoms with Crippen LogP contribution in [0.3, 0.4) is 0 Å². The molecule has 3 aromatic rings. The van der Waals surface area contributed by atoms with Crippen LogP contribution in [-0.4, -0.2) is 17.5 Å². The molecular formula is C21H20N2O2. The average molecular weight is 332 g/mol. The van der Waals surface area contributed by atoms with E-state index in [2.05, 4.69) is 22.4 Å². The topological polar surface area (TPSA) is 51.2 Å². The molecule has 0 bridgehead atoms. The maximum atomic E-state index is 12.4. The number of carbonyl (C=O) groups is 1. The molecule has 25 heavy (non-hydrogen) atoms. The van der Waals surface area contributed by atoms with Crippen molar-refractivity contribution in [2.24, 2.45) is 0 Å². The predicted molar refractivity (Wildman–Crippen MR) is 97.0 cm³/mol. The third-order valence-corrected chi connectivity index (χ3v) is 4.66. The Bertz CT molecular complexity index is 902. The van der Waals surface area contributed by atoms with Gasteiger partial charge in [-0.05, 0) is 29.2 Å². The predicted octanol–water partition coefficient (Wildman–Crippen LogP) is 3.56. The molecule has 126 valence electrons. The summed E-state index contributed by atoms with van der Waals surface area (Å²) in [7, 11) is 0. The van der Waals surface area contributed by atoms with Crippen LogP contribution in [0.15, 0.2) is 60.8 Å². The number of carbonyl (C=O) groups excluding carboxylic acids is 1. The Hall–Kier alpha value is -2.72. The van der Waals surface area contributed by atoms with E-state index in [0.717, 1.165) is 28.5 Å². The van der Waals surface area contributed by atoms with Crippen molar-refractivity contribution in [3.05, 3.63) is 77.5 Å². The SMILES string of the molecule is O=C(C[C@@H]1OCCc2ccccc21)NCc1cccc2cccnc12. The van der Waals surface area contributed by atoms with Crippen LogP contribution in [0.4, 0.5) is 0 Å². The van der Waals surface area contributed by atoms with Crippen LogP contribution in [0.5, 0.6) is 0 Å². The molecule has 1 atom stereocenters. The molecule has 0 unspecified atom stereocenters. The van der Waals surface area contributed by atoms with E-state index in [9.17, 15) is 4.79 Å². The number of amides is 1.